The fraction of sp³-hybridized carbons (Fsp3) is 0.750. The molecule has 0 saturated carbocycles. The van der Waals surface area contributed by atoms with Crippen LogP contribution in [-0.2, 0) is 27.9 Å². The highest BCUT2D eigenvalue weighted by Gasteiger charge is 2.26. The summed E-state index contributed by atoms with van der Waals surface area (Å²) in [4.78, 5) is 22.8. The second-order valence-electron chi connectivity index (χ2n) is 15.1. The number of quaternary nitrogens is 1. The number of rotatable bonds is 38. The summed E-state index contributed by atoms with van der Waals surface area (Å²) in [5.41, 5.74) is 0. The maximum atomic E-state index is 12.6. The van der Waals surface area contributed by atoms with Crippen LogP contribution in [0.2, 0.25) is 0 Å². The molecule has 0 bridgehead atoms. The van der Waals surface area contributed by atoms with E-state index in [1.165, 1.54) is 96.3 Å². The maximum absolute atomic E-state index is 12.6. The standard InChI is InChI=1S/C44H80NO7P/c1-6-8-10-12-14-16-18-20-22-23-24-25-27-29-31-33-35-37-44(46)52-43(42-51-53(47,48)50-40-38-45(3,4)5)41-49-39-36-34-32-30-28-26-21-19-17-15-13-11-9-7-2/h14,16,20,22,24-25,29,31,36,39,43H,6-13,15,17-19,21,23,26-28,30,32-35,37-38,40-42H2,1-5H3/p+1/b16-14+,22-20+,25-24+,31-29+,39-36+/t43-/m1/s1. The largest absolute Gasteiger partial charge is 0.498 e. The number of likely N-dealkylation sites (N-methyl/N-ethyl adjacent to an activating group) is 1. The number of carbonyl (C=O) groups excluding carboxylic acids is 1. The van der Waals surface area contributed by atoms with Gasteiger partial charge in [0.25, 0.3) is 0 Å². The number of nitrogens with zero attached hydrogens (tertiary/aromatic N) is 1. The predicted molar refractivity (Wildman–Crippen MR) is 224 cm³/mol. The minimum atomic E-state index is -4.30. The summed E-state index contributed by atoms with van der Waals surface area (Å²) < 4.78 is 34.6. The number of hydrogen-bond acceptors (Lipinski definition) is 6. The summed E-state index contributed by atoms with van der Waals surface area (Å²) >= 11 is 0. The molecule has 53 heavy (non-hydrogen) atoms. The van der Waals surface area contributed by atoms with Crippen LogP contribution in [0.25, 0.3) is 0 Å². The van der Waals surface area contributed by atoms with E-state index >= 15 is 0 Å². The maximum Gasteiger partial charge on any atom is 0.472 e. The van der Waals surface area contributed by atoms with Crippen molar-refractivity contribution in [1.82, 2.24) is 0 Å². The molecule has 0 aliphatic heterocycles. The Morgan fingerprint density at radius 3 is 1.60 bits per heavy atom. The average Bonchev–Trinajstić information content (AvgIpc) is 3.11. The molecule has 0 aromatic heterocycles. The topological polar surface area (TPSA) is 91.3 Å². The zero-order valence-corrected chi connectivity index (χ0v) is 35.6. The Bertz CT molecular complexity index is 1030. The molecule has 0 amide bonds. The normalized spacial score (nSPS) is 14.4. The number of hydrogen-bond donors (Lipinski definition) is 1. The number of unbranched alkanes of at least 4 members (excludes halogenated alkanes) is 16. The summed E-state index contributed by atoms with van der Waals surface area (Å²) in [6, 6.07) is 0. The molecule has 0 fully saturated rings. The van der Waals surface area contributed by atoms with E-state index in [1.54, 1.807) is 6.26 Å². The third-order valence-electron chi connectivity index (χ3n) is 8.65. The van der Waals surface area contributed by atoms with Crippen LogP contribution in [0.4, 0.5) is 0 Å². The molecule has 0 heterocycles. The first kappa shape index (κ1) is 51.0. The molecular weight excluding hydrogens is 685 g/mol. The second-order valence-corrected chi connectivity index (χ2v) is 16.5. The number of phosphoric ester groups is 1. The molecule has 0 radical (unpaired) electrons. The first-order valence-electron chi connectivity index (χ1n) is 21.1. The van der Waals surface area contributed by atoms with Gasteiger partial charge in [0.15, 0.2) is 6.10 Å². The molecule has 0 aliphatic rings. The van der Waals surface area contributed by atoms with Gasteiger partial charge in [0.2, 0.25) is 0 Å². The van der Waals surface area contributed by atoms with E-state index in [9.17, 15) is 14.3 Å². The van der Waals surface area contributed by atoms with Crippen molar-refractivity contribution in [2.24, 2.45) is 0 Å². The Hall–Kier alpha value is -1.96. The SMILES string of the molecule is CCCCC/C=C/C/C=C/C/C=C/C/C=C/CCCC(=O)O[C@H](CO/C=C/CCCCCCCCCCCCCC)COP(=O)(O)OCC[N+](C)(C)C. The molecule has 308 valence electrons. The van der Waals surface area contributed by atoms with Gasteiger partial charge in [-0.3, -0.25) is 13.8 Å². The molecule has 0 saturated heterocycles. The molecule has 1 unspecified atom stereocenters. The van der Waals surface area contributed by atoms with Crippen LogP contribution in [0.1, 0.15) is 162 Å². The van der Waals surface area contributed by atoms with E-state index in [1.807, 2.05) is 27.2 Å². The molecule has 1 N–H and O–H groups in total. The van der Waals surface area contributed by atoms with E-state index in [4.69, 9.17) is 18.5 Å². The van der Waals surface area contributed by atoms with Gasteiger partial charge in [-0.05, 0) is 63.9 Å². The van der Waals surface area contributed by atoms with Crippen LogP contribution in [0, 0.1) is 0 Å². The lowest BCUT2D eigenvalue weighted by atomic mass is 10.0. The summed E-state index contributed by atoms with van der Waals surface area (Å²) in [5.74, 6) is -0.391. The molecule has 2 atom stereocenters. The van der Waals surface area contributed by atoms with Gasteiger partial charge in [0.05, 0.1) is 34.0 Å². The Morgan fingerprint density at radius 2 is 1.06 bits per heavy atom. The van der Waals surface area contributed by atoms with Gasteiger partial charge in [0, 0.05) is 6.42 Å². The zero-order chi connectivity index (χ0) is 39.1. The van der Waals surface area contributed by atoms with Gasteiger partial charge in [-0.1, -0.05) is 146 Å². The molecule has 0 rings (SSSR count). The lowest BCUT2D eigenvalue weighted by Gasteiger charge is -2.24. The highest BCUT2D eigenvalue weighted by molar-refractivity contribution is 7.47. The first-order valence-corrected chi connectivity index (χ1v) is 22.6. The number of carbonyl (C=O) groups is 1. The Labute approximate surface area is 326 Å². The minimum Gasteiger partial charge on any atom is -0.498 e. The number of allylic oxidation sites excluding steroid dienone is 9. The van der Waals surface area contributed by atoms with Crippen LogP contribution in [0.3, 0.4) is 0 Å². The predicted octanol–water partition coefficient (Wildman–Crippen LogP) is 12.5. The van der Waals surface area contributed by atoms with Crippen LogP contribution >= 0.6 is 7.82 Å². The van der Waals surface area contributed by atoms with Crippen molar-refractivity contribution in [3.63, 3.8) is 0 Å². The van der Waals surface area contributed by atoms with Crippen molar-refractivity contribution < 1.29 is 37.3 Å². The van der Waals surface area contributed by atoms with Crippen molar-refractivity contribution in [3.05, 3.63) is 60.9 Å². The fourth-order valence-electron chi connectivity index (χ4n) is 5.33. The van der Waals surface area contributed by atoms with Gasteiger partial charge in [-0.15, -0.1) is 0 Å². The second kappa shape index (κ2) is 37.0. The van der Waals surface area contributed by atoms with E-state index in [0.29, 0.717) is 17.4 Å². The highest BCUT2D eigenvalue weighted by Crippen LogP contribution is 2.43. The van der Waals surface area contributed by atoms with Gasteiger partial charge in [0.1, 0.15) is 19.8 Å². The smallest absolute Gasteiger partial charge is 0.472 e. The molecular formula is C44H81NO7P+. The Balaban J connectivity index is 4.43. The van der Waals surface area contributed by atoms with Gasteiger partial charge >= 0.3 is 13.8 Å². The van der Waals surface area contributed by atoms with Gasteiger partial charge < -0.3 is 18.9 Å². The van der Waals surface area contributed by atoms with Crippen molar-refractivity contribution >= 4 is 13.8 Å². The molecule has 0 aliphatic carbocycles. The monoisotopic (exact) mass is 767 g/mol. The van der Waals surface area contributed by atoms with Gasteiger partial charge in [-0.2, -0.15) is 0 Å². The lowest BCUT2D eigenvalue weighted by molar-refractivity contribution is -0.870. The first-order chi connectivity index (χ1) is 25.6. The van der Waals surface area contributed by atoms with Crippen molar-refractivity contribution in [1.29, 1.82) is 0 Å². The third kappa shape index (κ3) is 41.1. The number of esters is 1. The van der Waals surface area contributed by atoms with Crippen molar-refractivity contribution in [2.45, 2.75) is 168 Å². The molecule has 0 aromatic rings. The van der Waals surface area contributed by atoms with Gasteiger partial charge in [-0.25, -0.2) is 4.57 Å². The summed E-state index contributed by atoms with van der Waals surface area (Å²) in [6.45, 7) is 4.83. The fourth-order valence-corrected chi connectivity index (χ4v) is 6.07. The van der Waals surface area contributed by atoms with E-state index < -0.39 is 19.9 Å². The lowest BCUT2D eigenvalue weighted by Crippen LogP contribution is -2.37. The minimum absolute atomic E-state index is 0.0245. The van der Waals surface area contributed by atoms with Crippen LogP contribution in [0.5, 0.6) is 0 Å². The molecule has 0 spiro atoms. The summed E-state index contributed by atoms with van der Waals surface area (Å²) in [5, 5.41) is 0. The van der Waals surface area contributed by atoms with Crippen LogP contribution < -0.4 is 0 Å². The summed E-state index contributed by atoms with van der Waals surface area (Å²) in [6.07, 6.45) is 46.4. The van der Waals surface area contributed by atoms with Crippen LogP contribution in [-0.4, -0.2) is 69.0 Å². The van der Waals surface area contributed by atoms with Crippen LogP contribution in [0.15, 0.2) is 60.9 Å². The van der Waals surface area contributed by atoms with E-state index in [2.05, 4.69) is 62.5 Å². The molecule has 9 heteroatoms. The van der Waals surface area contributed by atoms with Crippen molar-refractivity contribution in [3.8, 4) is 0 Å². The third-order valence-corrected chi connectivity index (χ3v) is 9.63. The van der Waals surface area contributed by atoms with E-state index in [0.717, 1.165) is 38.5 Å². The van der Waals surface area contributed by atoms with Crippen molar-refractivity contribution in [2.75, 3.05) is 47.5 Å². The zero-order valence-electron chi connectivity index (χ0n) is 34.7. The summed E-state index contributed by atoms with van der Waals surface area (Å²) in [7, 11) is 1.59. The number of ether oxygens (including phenoxy) is 2. The quantitative estimate of drug-likeness (QED) is 0.0167. The highest BCUT2D eigenvalue weighted by atomic mass is 31.2. The Morgan fingerprint density at radius 1 is 0.604 bits per heavy atom. The molecule has 0 aromatic carbocycles. The Kier molecular flexibility index (Phi) is 35.6. The molecule has 8 nitrogen and oxygen atoms in total. The van der Waals surface area contributed by atoms with E-state index in [-0.39, 0.29) is 26.2 Å². The number of phosphoric acid groups is 1. The average molecular weight is 767 g/mol.